The number of rotatable bonds is 5. The van der Waals surface area contributed by atoms with Crippen LogP contribution in [0.4, 0.5) is 11.6 Å². The number of pyridine rings is 1. The van der Waals surface area contributed by atoms with Gasteiger partial charge in [-0.3, -0.25) is 9.88 Å². The van der Waals surface area contributed by atoms with Gasteiger partial charge in [-0.25, -0.2) is 9.97 Å². The van der Waals surface area contributed by atoms with Gasteiger partial charge in [0.05, 0.1) is 17.9 Å². The third kappa shape index (κ3) is 3.89. The van der Waals surface area contributed by atoms with Crippen LogP contribution in [0.25, 0.3) is 0 Å². The van der Waals surface area contributed by atoms with Crippen molar-refractivity contribution in [3.8, 4) is 0 Å². The number of hydrogen-bond donors (Lipinski definition) is 1. The third-order valence-electron chi connectivity index (χ3n) is 4.76. The van der Waals surface area contributed by atoms with Crippen LogP contribution in [0.2, 0.25) is 0 Å². The van der Waals surface area contributed by atoms with Gasteiger partial charge >= 0.3 is 0 Å². The van der Waals surface area contributed by atoms with Crippen molar-refractivity contribution in [2.75, 3.05) is 11.9 Å². The summed E-state index contributed by atoms with van der Waals surface area (Å²) in [5.41, 5.74) is 3.79. The summed E-state index contributed by atoms with van der Waals surface area (Å²) in [4.78, 5) is 15.7. The summed E-state index contributed by atoms with van der Waals surface area (Å²) >= 11 is 0. The van der Waals surface area contributed by atoms with E-state index in [0.29, 0.717) is 11.9 Å². The van der Waals surface area contributed by atoms with E-state index in [1.165, 1.54) is 17.5 Å². The Morgan fingerprint density at radius 3 is 2.88 bits per heavy atom. The largest absolute Gasteiger partial charge is 0.324 e. The van der Waals surface area contributed by atoms with E-state index < -0.39 is 0 Å². The molecule has 4 rings (SSSR count). The van der Waals surface area contributed by atoms with Crippen LogP contribution in [0.5, 0.6) is 0 Å². The monoisotopic (exact) mass is 345 g/mol. The van der Waals surface area contributed by atoms with Crippen molar-refractivity contribution in [3.05, 3.63) is 77.9 Å². The Hall–Kier alpha value is -2.79. The molecule has 132 valence electrons. The summed E-state index contributed by atoms with van der Waals surface area (Å²) in [6.07, 6.45) is 7.39. The molecule has 0 radical (unpaired) electrons. The zero-order valence-electron chi connectivity index (χ0n) is 15.0. The highest BCUT2D eigenvalue weighted by atomic mass is 15.2. The van der Waals surface area contributed by atoms with Crippen LogP contribution in [0.1, 0.15) is 35.7 Å². The second kappa shape index (κ2) is 7.62. The Morgan fingerprint density at radius 1 is 1.12 bits per heavy atom. The summed E-state index contributed by atoms with van der Waals surface area (Å²) in [6.45, 7) is 4.23. The van der Waals surface area contributed by atoms with Crippen molar-refractivity contribution < 1.29 is 0 Å². The molecule has 1 aliphatic heterocycles. The summed E-state index contributed by atoms with van der Waals surface area (Å²) in [7, 11) is 0. The molecule has 3 heterocycles. The average Bonchev–Trinajstić information content (AvgIpc) is 3.11. The first-order valence-corrected chi connectivity index (χ1v) is 9.07. The van der Waals surface area contributed by atoms with Gasteiger partial charge in [0.25, 0.3) is 0 Å². The zero-order valence-corrected chi connectivity index (χ0v) is 15.0. The molecule has 1 saturated heterocycles. The first-order chi connectivity index (χ1) is 12.8. The first-order valence-electron chi connectivity index (χ1n) is 9.07. The molecule has 0 saturated carbocycles. The second-order valence-corrected chi connectivity index (χ2v) is 6.78. The Balaban J connectivity index is 1.51. The molecule has 0 spiro atoms. The minimum absolute atomic E-state index is 0.360. The average molecular weight is 345 g/mol. The second-order valence-electron chi connectivity index (χ2n) is 6.78. The molecule has 0 bridgehead atoms. The lowest BCUT2D eigenvalue weighted by Crippen LogP contribution is -2.23. The van der Waals surface area contributed by atoms with Crippen LogP contribution in [-0.4, -0.2) is 26.4 Å². The van der Waals surface area contributed by atoms with E-state index in [9.17, 15) is 0 Å². The number of hydrogen-bond acceptors (Lipinski definition) is 5. The van der Waals surface area contributed by atoms with E-state index in [4.69, 9.17) is 4.98 Å². The van der Waals surface area contributed by atoms with Crippen LogP contribution in [0, 0.1) is 6.92 Å². The number of aromatic nitrogens is 3. The Kier molecular flexibility index (Phi) is 4.88. The van der Waals surface area contributed by atoms with E-state index in [1.54, 1.807) is 18.6 Å². The summed E-state index contributed by atoms with van der Waals surface area (Å²) in [5, 5.41) is 3.24. The molecule has 5 nitrogen and oxygen atoms in total. The molecule has 1 atom stereocenters. The molecule has 0 aliphatic carbocycles. The van der Waals surface area contributed by atoms with Crippen LogP contribution in [0.15, 0.2) is 61.1 Å². The SMILES string of the molecule is Cc1cccc(CN2CCCC2c2cccc(Nc3cnccn3)n2)c1. The third-order valence-corrected chi connectivity index (χ3v) is 4.76. The maximum absolute atomic E-state index is 4.84. The predicted octanol–water partition coefficient (Wildman–Crippen LogP) is 4.26. The number of nitrogens with one attached hydrogen (secondary N) is 1. The van der Waals surface area contributed by atoms with Gasteiger partial charge in [-0.05, 0) is 44.0 Å². The van der Waals surface area contributed by atoms with Crippen molar-refractivity contribution in [3.63, 3.8) is 0 Å². The van der Waals surface area contributed by atoms with Crippen LogP contribution < -0.4 is 5.32 Å². The van der Waals surface area contributed by atoms with Gasteiger partial charge in [0.15, 0.2) is 0 Å². The lowest BCUT2D eigenvalue weighted by molar-refractivity contribution is 0.244. The maximum atomic E-state index is 4.84. The predicted molar refractivity (Wildman–Crippen MR) is 103 cm³/mol. The fourth-order valence-electron chi connectivity index (χ4n) is 3.60. The van der Waals surface area contributed by atoms with Crippen LogP contribution >= 0.6 is 0 Å². The molecule has 2 aromatic heterocycles. The molecule has 1 aliphatic rings. The van der Waals surface area contributed by atoms with Crippen molar-refractivity contribution in [2.45, 2.75) is 32.4 Å². The van der Waals surface area contributed by atoms with Crippen molar-refractivity contribution in [1.29, 1.82) is 0 Å². The minimum Gasteiger partial charge on any atom is -0.324 e. The van der Waals surface area contributed by atoms with Crippen molar-refractivity contribution >= 4 is 11.6 Å². The molecular weight excluding hydrogens is 322 g/mol. The van der Waals surface area contributed by atoms with Crippen molar-refractivity contribution in [2.24, 2.45) is 0 Å². The van der Waals surface area contributed by atoms with Crippen molar-refractivity contribution in [1.82, 2.24) is 19.9 Å². The van der Waals surface area contributed by atoms with Gasteiger partial charge in [0, 0.05) is 18.9 Å². The van der Waals surface area contributed by atoms with Gasteiger partial charge in [0.1, 0.15) is 11.6 Å². The number of aryl methyl sites for hydroxylation is 1. The Bertz CT molecular complexity index is 865. The summed E-state index contributed by atoms with van der Waals surface area (Å²) < 4.78 is 0. The number of benzene rings is 1. The van der Waals surface area contributed by atoms with E-state index in [-0.39, 0.29) is 0 Å². The van der Waals surface area contributed by atoms with Gasteiger partial charge in [-0.2, -0.15) is 0 Å². The highest BCUT2D eigenvalue weighted by Gasteiger charge is 2.27. The zero-order chi connectivity index (χ0) is 17.8. The molecule has 0 amide bonds. The molecule has 1 unspecified atom stereocenters. The molecule has 1 N–H and O–H groups in total. The molecule has 5 heteroatoms. The van der Waals surface area contributed by atoms with E-state index in [2.05, 4.69) is 63.5 Å². The van der Waals surface area contributed by atoms with Crippen LogP contribution in [0.3, 0.4) is 0 Å². The van der Waals surface area contributed by atoms with Gasteiger partial charge < -0.3 is 5.32 Å². The fraction of sp³-hybridized carbons (Fsp3) is 0.286. The highest BCUT2D eigenvalue weighted by Crippen LogP contribution is 2.32. The minimum atomic E-state index is 0.360. The van der Waals surface area contributed by atoms with Gasteiger partial charge in [0.2, 0.25) is 0 Å². The van der Waals surface area contributed by atoms with E-state index >= 15 is 0 Å². The first kappa shape index (κ1) is 16.7. The molecule has 26 heavy (non-hydrogen) atoms. The Labute approximate surface area is 154 Å². The summed E-state index contributed by atoms with van der Waals surface area (Å²) in [5.74, 6) is 1.52. The van der Waals surface area contributed by atoms with Crippen LogP contribution in [-0.2, 0) is 6.54 Å². The molecule has 3 aromatic rings. The highest BCUT2D eigenvalue weighted by molar-refractivity contribution is 5.50. The quantitative estimate of drug-likeness (QED) is 0.749. The topological polar surface area (TPSA) is 53.9 Å². The molecule has 1 fully saturated rings. The van der Waals surface area contributed by atoms with Gasteiger partial charge in [-0.15, -0.1) is 0 Å². The van der Waals surface area contributed by atoms with Gasteiger partial charge in [-0.1, -0.05) is 35.9 Å². The number of nitrogens with zero attached hydrogens (tertiary/aromatic N) is 4. The normalized spacial score (nSPS) is 17.3. The standard InChI is InChI=1S/C21H23N5/c1-16-5-2-6-17(13-16)15-26-12-4-8-19(26)18-7-3-9-20(24-18)25-21-14-22-10-11-23-21/h2-3,5-7,9-11,13-14,19H,4,8,12,15H2,1H3,(H,23,24,25). The summed E-state index contributed by atoms with van der Waals surface area (Å²) in [6, 6.07) is 15.3. The maximum Gasteiger partial charge on any atom is 0.150 e. The number of anilines is 2. The Morgan fingerprint density at radius 2 is 2.04 bits per heavy atom. The van der Waals surface area contributed by atoms with E-state index in [1.807, 2.05) is 6.07 Å². The molecule has 1 aromatic carbocycles. The lowest BCUT2D eigenvalue weighted by atomic mass is 10.1. The smallest absolute Gasteiger partial charge is 0.150 e. The molecular formula is C21H23N5. The fourth-order valence-corrected chi connectivity index (χ4v) is 3.60. The van der Waals surface area contributed by atoms with E-state index in [0.717, 1.165) is 31.0 Å². The number of likely N-dealkylation sites (tertiary alicyclic amines) is 1. The lowest BCUT2D eigenvalue weighted by Gasteiger charge is -2.24.